The molecule has 2 aliphatic carbocycles. The minimum atomic E-state index is -0.519. The number of ether oxygens (including phenoxy) is 4. The number of nitrogens with one attached hydrogen (secondary N) is 2. The van der Waals surface area contributed by atoms with Crippen LogP contribution in [0.4, 0.5) is 0 Å². The van der Waals surface area contributed by atoms with Crippen molar-refractivity contribution in [3.63, 3.8) is 0 Å². The molecule has 2 saturated heterocycles. The molecule has 6 rings (SSSR count). The zero-order valence-corrected chi connectivity index (χ0v) is 37.3. The number of amides is 2. The van der Waals surface area contributed by atoms with E-state index < -0.39 is 18.0 Å². The quantitative estimate of drug-likeness (QED) is 0.303. The second-order valence-corrected chi connectivity index (χ2v) is 22.5. The molecule has 0 radical (unpaired) electrons. The molecule has 8 heteroatoms. The average Bonchev–Trinajstić information content (AvgIpc) is 3.14. The molecule has 2 N–H and O–H groups in total. The van der Waals surface area contributed by atoms with Gasteiger partial charge in [0.15, 0.2) is 12.6 Å². The standard InChI is InChI=1S/C49H74N2O6/c1-45(2,3)35-21-23-39(37(25-35)47(7,8)9)50-41(52)31-13-17-33(18-14-31)43-54-27-49(28-55-43)29-56-44(57-30-49)34-19-15-32(16-20-34)42(53)51-40-24-22-36(46(4,5)6)26-38(40)48(10,11)12/h13-20,35-40,43-44H,21-30H2,1-12H3,(H,50,52)(H,51,53). The van der Waals surface area contributed by atoms with Gasteiger partial charge in [0.2, 0.25) is 0 Å². The van der Waals surface area contributed by atoms with Crippen LogP contribution in [0.25, 0.3) is 0 Å². The number of hydrogen-bond acceptors (Lipinski definition) is 6. The predicted octanol–water partition coefficient (Wildman–Crippen LogP) is 10.7. The Bertz CT molecular complexity index is 1530. The molecule has 2 amide bonds. The lowest BCUT2D eigenvalue weighted by atomic mass is 9.61. The van der Waals surface area contributed by atoms with E-state index in [-0.39, 0.29) is 45.6 Å². The Kier molecular flexibility index (Phi) is 12.8. The lowest BCUT2D eigenvalue weighted by Crippen LogP contribution is -2.49. The van der Waals surface area contributed by atoms with Crippen molar-refractivity contribution in [2.24, 2.45) is 50.7 Å². The molecule has 6 unspecified atom stereocenters. The third kappa shape index (κ3) is 10.5. The van der Waals surface area contributed by atoms with Crippen molar-refractivity contribution in [2.75, 3.05) is 26.4 Å². The van der Waals surface area contributed by atoms with Crippen molar-refractivity contribution < 1.29 is 28.5 Å². The van der Waals surface area contributed by atoms with Gasteiger partial charge in [-0.2, -0.15) is 0 Å². The summed E-state index contributed by atoms with van der Waals surface area (Å²) in [6.07, 6.45) is 5.53. The van der Waals surface area contributed by atoms with Gasteiger partial charge in [0.1, 0.15) is 0 Å². The van der Waals surface area contributed by atoms with Crippen LogP contribution in [-0.2, 0) is 18.9 Å². The van der Waals surface area contributed by atoms with Crippen LogP contribution in [0, 0.1) is 50.7 Å². The fourth-order valence-corrected chi connectivity index (χ4v) is 10.0. The summed E-state index contributed by atoms with van der Waals surface area (Å²) in [5.41, 5.74) is 3.43. The monoisotopic (exact) mass is 787 g/mol. The van der Waals surface area contributed by atoms with Crippen molar-refractivity contribution in [2.45, 2.75) is 146 Å². The van der Waals surface area contributed by atoms with Gasteiger partial charge in [-0.15, -0.1) is 0 Å². The molecule has 2 aliphatic heterocycles. The number of rotatable bonds is 6. The maximum atomic E-state index is 13.5. The summed E-state index contributed by atoms with van der Waals surface area (Å²) in [6, 6.07) is 15.6. The molecule has 0 aromatic heterocycles. The van der Waals surface area contributed by atoms with E-state index in [0.717, 1.165) is 49.7 Å². The van der Waals surface area contributed by atoms with E-state index in [1.807, 2.05) is 48.5 Å². The van der Waals surface area contributed by atoms with Crippen molar-refractivity contribution in [1.29, 1.82) is 0 Å². The van der Waals surface area contributed by atoms with Gasteiger partial charge in [-0.3, -0.25) is 9.59 Å². The van der Waals surface area contributed by atoms with Crippen LogP contribution in [-0.4, -0.2) is 50.3 Å². The van der Waals surface area contributed by atoms with E-state index in [9.17, 15) is 9.59 Å². The largest absolute Gasteiger partial charge is 0.349 e. The maximum absolute atomic E-state index is 13.5. The number of benzene rings is 2. The molecule has 8 nitrogen and oxygen atoms in total. The van der Waals surface area contributed by atoms with Gasteiger partial charge >= 0.3 is 0 Å². The van der Waals surface area contributed by atoms with Crippen LogP contribution in [0.2, 0.25) is 0 Å². The first-order chi connectivity index (χ1) is 26.5. The summed E-state index contributed by atoms with van der Waals surface area (Å²) in [7, 11) is 0. The number of carbonyl (C=O) groups is 2. The van der Waals surface area contributed by atoms with Crippen LogP contribution < -0.4 is 10.6 Å². The molecule has 6 atom stereocenters. The highest BCUT2D eigenvalue weighted by Gasteiger charge is 2.45. The van der Waals surface area contributed by atoms with E-state index in [4.69, 9.17) is 18.9 Å². The molecule has 2 saturated carbocycles. The first-order valence-corrected chi connectivity index (χ1v) is 21.8. The fraction of sp³-hybridized carbons (Fsp3) is 0.714. The highest BCUT2D eigenvalue weighted by atomic mass is 16.7. The molecular weight excluding hydrogens is 713 g/mol. The van der Waals surface area contributed by atoms with Gasteiger partial charge in [-0.1, -0.05) is 107 Å². The normalized spacial score (nSPS) is 31.8. The molecule has 316 valence electrons. The zero-order valence-electron chi connectivity index (χ0n) is 37.3. The topological polar surface area (TPSA) is 95.1 Å². The lowest BCUT2D eigenvalue weighted by molar-refractivity contribution is -0.307. The Morgan fingerprint density at radius 2 is 0.807 bits per heavy atom. The molecule has 4 fully saturated rings. The Morgan fingerprint density at radius 3 is 1.09 bits per heavy atom. The first-order valence-electron chi connectivity index (χ1n) is 21.8. The molecule has 1 spiro atoms. The third-order valence-corrected chi connectivity index (χ3v) is 14.1. The lowest BCUT2D eigenvalue weighted by Gasteiger charge is -2.47. The number of hydrogen-bond donors (Lipinski definition) is 2. The Labute approximate surface area is 344 Å². The van der Waals surface area contributed by atoms with Gasteiger partial charge < -0.3 is 29.6 Å². The molecule has 4 aliphatic rings. The van der Waals surface area contributed by atoms with E-state index in [0.29, 0.717) is 61.2 Å². The Hall–Kier alpha value is -2.78. The molecule has 0 bridgehead atoms. The van der Waals surface area contributed by atoms with Crippen LogP contribution in [0.1, 0.15) is 166 Å². The van der Waals surface area contributed by atoms with Gasteiger partial charge in [-0.05, 0) is 108 Å². The zero-order chi connectivity index (χ0) is 41.6. The van der Waals surface area contributed by atoms with Crippen molar-refractivity contribution in [1.82, 2.24) is 10.6 Å². The third-order valence-electron chi connectivity index (χ3n) is 14.1. The smallest absolute Gasteiger partial charge is 0.251 e. The predicted molar refractivity (Wildman–Crippen MR) is 227 cm³/mol. The van der Waals surface area contributed by atoms with Crippen LogP contribution in [0.5, 0.6) is 0 Å². The van der Waals surface area contributed by atoms with Crippen molar-refractivity contribution in [3.8, 4) is 0 Å². The molecule has 57 heavy (non-hydrogen) atoms. The van der Waals surface area contributed by atoms with Gasteiger partial charge in [0, 0.05) is 34.3 Å². The maximum Gasteiger partial charge on any atom is 0.251 e. The van der Waals surface area contributed by atoms with E-state index in [1.165, 1.54) is 0 Å². The van der Waals surface area contributed by atoms with Crippen molar-refractivity contribution in [3.05, 3.63) is 70.8 Å². The van der Waals surface area contributed by atoms with E-state index in [2.05, 4.69) is 93.7 Å². The summed E-state index contributed by atoms with van der Waals surface area (Å²) >= 11 is 0. The van der Waals surface area contributed by atoms with Crippen LogP contribution in [0.15, 0.2) is 48.5 Å². The average molecular weight is 787 g/mol. The molecule has 2 aromatic carbocycles. The summed E-state index contributed by atoms with van der Waals surface area (Å²) in [4.78, 5) is 26.9. The van der Waals surface area contributed by atoms with E-state index in [1.54, 1.807) is 0 Å². The van der Waals surface area contributed by atoms with Gasteiger partial charge in [0.05, 0.1) is 31.8 Å². The highest BCUT2D eigenvalue weighted by molar-refractivity contribution is 5.95. The van der Waals surface area contributed by atoms with E-state index >= 15 is 0 Å². The first kappa shape index (κ1) is 43.8. The second-order valence-electron chi connectivity index (χ2n) is 22.5. The second kappa shape index (κ2) is 16.7. The highest BCUT2D eigenvalue weighted by Crippen LogP contribution is 2.48. The minimum Gasteiger partial charge on any atom is -0.349 e. The van der Waals surface area contributed by atoms with Crippen molar-refractivity contribution >= 4 is 11.8 Å². The Morgan fingerprint density at radius 1 is 0.491 bits per heavy atom. The van der Waals surface area contributed by atoms with Crippen LogP contribution >= 0.6 is 0 Å². The molecule has 2 aromatic rings. The number of carbonyl (C=O) groups excluding carboxylic acids is 2. The summed E-state index contributed by atoms with van der Waals surface area (Å²) in [6.45, 7) is 29.6. The molecular formula is C49H74N2O6. The summed E-state index contributed by atoms with van der Waals surface area (Å²) in [5, 5.41) is 6.81. The minimum absolute atomic E-state index is 0.0218. The fourth-order valence-electron chi connectivity index (χ4n) is 10.0. The summed E-state index contributed by atoms with van der Waals surface area (Å²) < 4.78 is 24.9. The van der Waals surface area contributed by atoms with Gasteiger partial charge in [-0.25, -0.2) is 0 Å². The van der Waals surface area contributed by atoms with Gasteiger partial charge in [0.25, 0.3) is 11.8 Å². The molecule has 2 heterocycles. The SMILES string of the molecule is CC(C)(C)C1CCC(NC(=O)c2ccc(C3OCC4(CO3)COC(c3ccc(C(=O)NC5CCC(C(C)(C)C)CC5C(C)(C)C)cc3)OC4)cc2)C(C(C)(C)C)C1. The summed E-state index contributed by atoms with van der Waals surface area (Å²) in [5.74, 6) is 2.12. The Balaban J connectivity index is 0.969. The van der Waals surface area contributed by atoms with Crippen LogP contribution in [0.3, 0.4) is 0 Å².